The third-order valence-electron chi connectivity index (χ3n) is 4.82. The Labute approximate surface area is 137 Å². The first kappa shape index (κ1) is 15.9. The average Bonchev–Trinajstić information content (AvgIpc) is 2.57. The number of hydrogen-bond acceptors (Lipinski definition) is 5. The molecule has 5 heteroatoms. The number of hydrogen-bond donors (Lipinski definition) is 2. The van der Waals surface area contributed by atoms with Gasteiger partial charge in [0.25, 0.3) is 0 Å². The third kappa shape index (κ3) is 3.19. The summed E-state index contributed by atoms with van der Waals surface area (Å²) in [4.78, 5) is 14.2. The minimum Gasteiger partial charge on any atom is -0.465 e. The molecule has 2 aliphatic rings. The van der Waals surface area contributed by atoms with Gasteiger partial charge in [-0.2, -0.15) is 0 Å². The lowest BCUT2D eigenvalue weighted by molar-refractivity contribution is 0.0600. The minimum atomic E-state index is -0.365. The highest BCUT2D eigenvalue weighted by atomic mass is 16.5. The Bertz CT molecular complexity index is 646. The molecule has 2 heterocycles. The summed E-state index contributed by atoms with van der Waals surface area (Å²) in [6.45, 7) is 4.65. The lowest BCUT2D eigenvalue weighted by atomic mass is 9.72. The van der Waals surface area contributed by atoms with Crippen LogP contribution in [-0.4, -0.2) is 45.8 Å². The van der Waals surface area contributed by atoms with E-state index in [-0.39, 0.29) is 12.5 Å². The Balaban J connectivity index is 1.80. The summed E-state index contributed by atoms with van der Waals surface area (Å²) >= 11 is 0. The van der Waals surface area contributed by atoms with E-state index in [4.69, 9.17) is 10.5 Å². The topological polar surface area (TPSA) is 67.6 Å². The van der Waals surface area contributed by atoms with E-state index in [0.717, 1.165) is 31.9 Å². The number of nitrogens with two attached hydrogens (primary N) is 1. The summed E-state index contributed by atoms with van der Waals surface area (Å²) in [5.74, 6) is 5.45. The lowest BCUT2D eigenvalue weighted by Crippen LogP contribution is -2.60. The van der Waals surface area contributed by atoms with Gasteiger partial charge in [0.15, 0.2) is 0 Å². The predicted molar refractivity (Wildman–Crippen MR) is 90.5 cm³/mol. The number of carbonyl (C=O) groups is 1. The van der Waals surface area contributed by atoms with E-state index in [1.807, 2.05) is 12.1 Å². The van der Waals surface area contributed by atoms with Gasteiger partial charge in [0.1, 0.15) is 0 Å². The summed E-state index contributed by atoms with van der Waals surface area (Å²) < 4.78 is 4.83. The maximum absolute atomic E-state index is 11.9. The van der Waals surface area contributed by atoms with E-state index < -0.39 is 0 Å². The number of nitrogens with one attached hydrogen (secondary N) is 1. The number of methoxy groups -OCH3 is 1. The van der Waals surface area contributed by atoms with Crippen LogP contribution >= 0.6 is 0 Å². The van der Waals surface area contributed by atoms with Crippen molar-refractivity contribution in [3.05, 3.63) is 29.3 Å². The van der Waals surface area contributed by atoms with Crippen molar-refractivity contribution in [3.8, 4) is 11.8 Å². The van der Waals surface area contributed by atoms with Gasteiger partial charge < -0.3 is 20.7 Å². The zero-order valence-corrected chi connectivity index (χ0v) is 13.5. The van der Waals surface area contributed by atoms with E-state index in [0.29, 0.717) is 16.5 Å². The Morgan fingerprint density at radius 2 is 2.13 bits per heavy atom. The molecule has 0 aromatic heterocycles. The van der Waals surface area contributed by atoms with Crippen LogP contribution < -0.4 is 16.0 Å². The summed E-state index contributed by atoms with van der Waals surface area (Å²) in [5, 5.41) is 3.42. The summed E-state index contributed by atoms with van der Waals surface area (Å²) in [7, 11) is 1.38. The summed E-state index contributed by atoms with van der Waals surface area (Å²) in [6.07, 6.45) is 2.48. The maximum Gasteiger partial charge on any atom is 0.339 e. The zero-order valence-electron chi connectivity index (χ0n) is 13.5. The van der Waals surface area contributed by atoms with Crippen molar-refractivity contribution < 1.29 is 9.53 Å². The van der Waals surface area contributed by atoms with Gasteiger partial charge in [0.05, 0.1) is 19.2 Å². The van der Waals surface area contributed by atoms with Crippen molar-refractivity contribution in [1.82, 2.24) is 5.32 Å². The molecule has 1 aromatic rings. The van der Waals surface area contributed by atoms with Crippen molar-refractivity contribution in [1.29, 1.82) is 0 Å². The molecule has 1 aromatic carbocycles. The molecule has 2 saturated heterocycles. The molecule has 5 nitrogen and oxygen atoms in total. The van der Waals surface area contributed by atoms with Gasteiger partial charge in [0, 0.05) is 29.8 Å². The number of benzene rings is 1. The Kier molecular flexibility index (Phi) is 4.56. The van der Waals surface area contributed by atoms with Crippen LogP contribution in [0.15, 0.2) is 18.2 Å². The van der Waals surface area contributed by atoms with E-state index >= 15 is 0 Å². The predicted octanol–water partition coefficient (Wildman–Crippen LogP) is 0.973. The number of esters is 1. The Morgan fingerprint density at radius 3 is 2.78 bits per heavy atom. The highest BCUT2D eigenvalue weighted by molar-refractivity contribution is 5.93. The van der Waals surface area contributed by atoms with Crippen molar-refractivity contribution in [2.75, 3.05) is 44.7 Å². The van der Waals surface area contributed by atoms with E-state index in [1.165, 1.54) is 20.0 Å². The van der Waals surface area contributed by atoms with Gasteiger partial charge in [-0.1, -0.05) is 11.8 Å². The standard InChI is InChI=1S/C18H23N3O2/c1-23-17(22)16-5-4-15(11-14(16)3-2-8-19)21-12-18(13-21)6-9-20-10-7-18/h4-5,11,20H,6-10,12-13,19H2,1H3. The molecule has 0 atom stereocenters. The van der Waals surface area contributed by atoms with E-state index in [2.05, 4.69) is 22.1 Å². The van der Waals surface area contributed by atoms with Crippen molar-refractivity contribution in [3.63, 3.8) is 0 Å². The number of ether oxygens (including phenoxy) is 1. The van der Waals surface area contributed by atoms with Gasteiger partial charge >= 0.3 is 5.97 Å². The molecule has 0 saturated carbocycles. The first-order chi connectivity index (χ1) is 11.2. The molecule has 0 unspecified atom stereocenters. The van der Waals surface area contributed by atoms with Crippen molar-refractivity contribution in [2.24, 2.45) is 11.1 Å². The van der Waals surface area contributed by atoms with Crippen LogP contribution in [0, 0.1) is 17.3 Å². The highest BCUT2D eigenvalue weighted by Crippen LogP contribution is 2.41. The van der Waals surface area contributed by atoms with Crippen LogP contribution in [0.25, 0.3) is 0 Å². The van der Waals surface area contributed by atoms with Gasteiger partial charge in [-0.3, -0.25) is 0 Å². The van der Waals surface area contributed by atoms with Crippen LogP contribution in [0.5, 0.6) is 0 Å². The van der Waals surface area contributed by atoms with Crippen LogP contribution in [0.2, 0.25) is 0 Å². The number of carbonyl (C=O) groups excluding carboxylic acids is 1. The van der Waals surface area contributed by atoms with Crippen LogP contribution in [0.1, 0.15) is 28.8 Å². The summed E-state index contributed by atoms with van der Waals surface area (Å²) in [5.41, 5.74) is 8.22. The lowest BCUT2D eigenvalue weighted by Gasteiger charge is -2.53. The SMILES string of the molecule is COC(=O)c1ccc(N2CC3(CCNCC3)C2)cc1C#CCN. The second-order valence-electron chi connectivity index (χ2n) is 6.33. The molecule has 3 rings (SSSR count). The fourth-order valence-electron chi connectivity index (χ4n) is 3.49. The molecule has 23 heavy (non-hydrogen) atoms. The molecule has 3 N–H and O–H groups in total. The molecule has 0 bridgehead atoms. The third-order valence-corrected chi connectivity index (χ3v) is 4.82. The number of rotatable bonds is 2. The van der Waals surface area contributed by atoms with Crippen LogP contribution in [-0.2, 0) is 4.74 Å². The Hall–Kier alpha value is -2.03. The second kappa shape index (κ2) is 6.61. The quantitative estimate of drug-likeness (QED) is 0.629. The molecule has 0 amide bonds. The molecular weight excluding hydrogens is 290 g/mol. The van der Waals surface area contributed by atoms with Crippen LogP contribution in [0.4, 0.5) is 5.69 Å². The fourth-order valence-corrected chi connectivity index (χ4v) is 3.49. The highest BCUT2D eigenvalue weighted by Gasteiger charge is 2.43. The largest absolute Gasteiger partial charge is 0.465 e. The Morgan fingerprint density at radius 1 is 1.39 bits per heavy atom. The van der Waals surface area contributed by atoms with Crippen molar-refractivity contribution >= 4 is 11.7 Å². The molecule has 0 radical (unpaired) electrons. The number of nitrogens with zero attached hydrogens (tertiary/aromatic N) is 1. The van der Waals surface area contributed by atoms with Crippen molar-refractivity contribution in [2.45, 2.75) is 12.8 Å². The molecular formula is C18H23N3O2. The van der Waals surface area contributed by atoms with Crippen LogP contribution in [0.3, 0.4) is 0 Å². The fraction of sp³-hybridized carbons (Fsp3) is 0.500. The first-order valence-corrected chi connectivity index (χ1v) is 8.04. The minimum absolute atomic E-state index is 0.269. The van der Waals surface area contributed by atoms with Gasteiger partial charge in [-0.05, 0) is 44.1 Å². The second-order valence-corrected chi connectivity index (χ2v) is 6.33. The first-order valence-electron chi connectivity index (χ1n) is 8.04. The molecule has 2 fully saturated rings. The smallest absolute Gasteiger partial charge is 0.339 e. The number of piperidine rings is 1. The molecule has 0 aliphatic carbocycles. The molecule has 122 valence electrons. The summed E-state index contributed by atoms with van der Waals surface area (Å²) in [6, 6.07) is 5.76. The molecule has 1 spiro atoms. The molecule has 2 aliphatic heterocycles. The maximum atomic E-state index is 11.9. The number of anilines is 1. The van der Waals surface area contributed by atoms with Gasteiger partial charge in [-0.15, -0.1) is 0 Å². The van der Waals surface area contributed by atoms with Gasteiger partial charge in [-0.25, -0.2) is 4.79 Å². The normalized spacial score (nSPS) is 18.8. The average molecular weight is 313 g/mol. The van der Waals surface area contributed by atoms with E-state index in [9.17, 15) is 4.79 Å². The van der Waals surface area contributed by atoms with E-state index in [1.54, 1.807) is 6.07 Å². The van der Waals surface area contributed by atoms with Gasteiger partial charge in [0.2, 0.25) is 0 Å². The zero-order chi connectivity index (χ0) is 16.3. The monoisotopic (exact) mass is 313 g/mol.